The van der Waals surface area contributed by atoms with E-state index in [1.54, 1.807) is 55.8 Å². The number of hydrogen-bond acceptors (Lipinski definition) is 8. The normalized spacial score (nSPS) is 21.8. The zero-order valence-corrected chi connectivity index (χ0v) is 20.2. The quantitative estimate of drug-likeness (QED) is 0.488. The van der Waals surface area contributed by atoms with E-state index in [0.717, 1.165) is 16.9 Å². The number of carbonyl (C=O) groups excluding carboxylic acids is 2. The van der Waals surface area contributed by atoms with Gasteiger partial charge in [0, 0.05) is 12.4 Å². The predicted molar refractivity (Wildman–Crippen MR) is 124 cm³/mol. The third-order valence-electron chi connectivity index (χ3n) is 5.92. The molecule has 0 radical (unpaired) electrons. The van der Waals surface area contributed by atoms with E-state index in [9.17, 15) is 19.5 Å². The summed E-state index contributed by atoms with van der Waals surface area (Å²) < 4.78 is 18.4. The highest BCUT2D eigenvalue weighted by molar-refractivity contribution is 5.89. The Morgan fingerprint density at radius 3 is 2.53 bits per heavy atom. The SMILES string of the molecule is CC(C)(C)OC(=O)C1(Cn2ccnc2)CC(C(=O)O)C(c2cnco2)N1C(=O)OCc1ccccc1. The van der Waals surface area contributed by atoms with Crippen LogP contribution in [0.1, 0.15) is 44.6 Å². The van der Waals surface area contributed by atoms with E-state index < -0.39 is 41.1 Å². The van der Waals surface area contributed by atoms with Gasteiger partial charge in [0.25, 0.3) is 0 Å². The fourth-order valence-electron chi connectivity index (χ4n) is 4.46. The van der Waals surface area contributed by atoms with E-state index >= 15 is 0 Å². The van der Waals surface area contributed by atoms with Crippen molar-refractivity contribution in [2.24, 2.45) is 5.92 Å². The van der Waals surface area contributed by atoms with Crippen molar-refractivity contribution in [3.8, 4) is 0 Å². The highest BCUT2D eigenvalue weighted by Crippen LogP contribution is 2.49. The molecule has 3 unspecified atom stereocenters. The van der Waals surface area contributed by atoms with Crippen LogP contribution in [0.25, 0.3) is 0 Å². The largest absolute Gasteiger partial charge is 0.481 e. The lowest BCUT2D eigenvalue weighted by Gasteiger charge is -2.39. The number of hydrogen-bond donors (Lipinski definition) is 1. The molecule has 0 bridgehead atoms. The molecule has 1 aliphatic rings. The molecule has 11 heteroatoms. The molecule has 1 aliphatic heterocycles. The van der Waals surface area contributed by atoms with Crippen LogP contribution in [-0.2, 0) is 32.2 Å². The maximum atomic E-state index is 13.8. The number of carboxylic acid groups (broad SMARTS) is 1. The number of aliphatic carboxylic acids is 1. The van der Waals surface area contributed by atoms with Crippen LogP contribution in [0.15, 0.2) is 66.1 Å². The highest BCUT2D eigenvalue weighted by Gasteiger charge is 2.63. The second kappa shape index (κ2) is 9.84. The number of benzene rings is 1. The molecule has 4 rings (SSSR count). The molecule has 3 aromatic rings. The van der Waals surface area contributed by atoms with Crippen LogP contribution in [-0.4, -0.2) is 53.7 Å². The minimum absolute atomic E-state index is 0.0769. The molecule has 1 saturated heterocycles. The Morgan fingerprint density at radius 1 is 1.19 bits per heavy atom. The van der Waals surface area contributed by atoms with Crippen LogP contribution in [0.3, 0.4) is 0 Å². The number of carboxylic acids is 1. The summed E-state index contributed by atoms with van der Waals surface area (Å²) in [5, 5.41) is 10.2. The van der Waals surface area contributed by atoms with Gasteiger partial charge in [0.15, 0.2) is 11.9 Å². The maximum Gasteiger partial charge on any atom is 0.411 e. The molecule has 0 saturated carbocycles. The number of carbonyl (C=O) groups is 3. The molecule has 0 spiro atoms. The molecule has 11 nitrogen and oxygen atoms in total. The third-order valence-corrected chi connectivity index (χ3v) is 5.92. The standard InChI is InChI=1S/C25H28N4O7/c1-24(2,3)36-22(32)25(14-28-10-9-26-15-28)11-18(21(30)31)20(19-12-27-16-35-19)29(25)23(33)34-13-17-7-5-4-6-8-17/h4-10,12,15-16,18,20H,11,13-14H2,1-3H3,(H,30,31). The number of nitrogens with zero attached hydrogens (tertiary/aromatic N) is 4. The summed E-state index contributed by atoms with van der Waals surface area (Å²) in [4.78, 5) is 49.1. The number of amides is 1. The molecule has 3 atom stereocenters. The summed E-state index contributed by atoms with van der Waals surface area (Å²) in [6, 6.07) is 7.86. The van der Waals surface area contributed by atoms with Crippen LogP contribution >= 0.6 is 0 Å². The molecule has 1 fully saturated rings. The van der Waals surface area contributed by atoms with Crippen LogP contribution < -0.4 is 0 Å². The van der Waals surface area contributed by atoms with Crippen molar-refractivity contribution in [3.05, 3.63) is 73.0 Å². The van der Waals surface area contributed by atoms with Gasteiger partial charge in [0.1, 0.15) is 24.0 Å². The first kappa shape index (κ1) is 25.0. The van der Waals surface area contributed by atoms with Gasteiger partial charge in [0.2, 0.25) is 0 Å². The monoisotopic (exact) mass is 496 g/mol. The topological polar surface area (TPSA) is 137 Å². The number of ether oxygens (including phenoxy) is 2. The highest BCUT2D eigenvalue weighted by atomic mass is 16.6. The zero-order valence-electron chi connectivity index (χ0n) is 20.2. The van der Waals surface area contributed by atoms with Crippen molar-refractivity contribution in [3.63, 3.8) is 0 Å². The van der Waals surface area contributed by atoms with Gasteiger partial charge in [-0.3, -0.25) is 9.69 Å². The lowest BCUT2D eigenvalue weighted by molar-refractivity contribution is -0.169. The average Bonchev–Trinajstić information content (AvgIpc) is 3.58. The van der Waals surface area contributed by atoms with Crippen LogP contribution in [0.4, 0.5) is 4.79 Å². The van der Waals surface area contributed by atoms with E-state index in [4.69, 9.17) is 13.9 Å². The van der Waals surface area contributed by atoms with Gasteiger partial charge in [-0.2, -0.15) is 0 Å². The summed E-state index contributed by atoms with van der Waals surface area (Å²) in [6.07, 6.45) is 5.99. The molecular formula is C25H28N4O7. The summed E-state index contributed by atoms with van der Waals surface area (Å²) in [6.45, 7) is 4.92. The van der Waals surface area contributed by atoms with Gasteiger partial charge in [-0.1, -0.05) is 30.3 Å². The maximum absolute atomic E-state index is 13.8. The molecule has 190 valence electrons. The van der Waals surface area contributed by atoms with Gasteiger partial charge in [-0.15, -0.1) is 0 Å². The summed E-state index contributed by atoms with van der Waals surface area (Å²) in [7, 11) is 0. The third kappa shape index (κ3) is 5.09. The van der Waals surface area contributed by atoms with Crippen molar-refractivity contribution < 1.29 is 33.4 Å². The molecule has 1 amide bonds. The number of aromatic nitrogens is 3. The average molecular weight is 497 g/mol. The van der Waals surface area contributed by atoms with Crippen molar-refractivity contribution in [1.29, 1.82) is 0 Å². The first-order valence-electron chi connectivity index (χ1n) is 11.4. The van der Waals surface area contributed by atoms with Crippen LogP contribution in [0.2, 0.25) is 0 Å². The first-order chi connectivity index (χ1) is 17.1. The van der Waals surface area contributed by atoms with Crippen LogP contribution in [0, 0.1) is 5.92 Å². The van der Waals surface area contributed by atoms with Gasteiger partial charge >= 0.3 is 18.0 Å². The van der Waals surface area contributed by atoms with Gasteiger partial charge in [0.05, 0.1) is 25.0 Å². The Morgan fingerprint density at radius 2 is 1.94 bits per heavy atom. The minimum atomic E-state index is -1.73. The fraction of sp³-hybridized carbons (Fsp3) is 0.400. The lowest BCUT2D eigenvalue weighted by atomic mass is 9.90. The molecule has 36 heavy (non-hydrogen) atoms. The number of rotatable bonds is 7. The Hall–Kier alpha value is -4.15. The predicted octanol–water partition coefficient (Wildman–Crippen LogP) is 3.44. The van der Waals surface area contributed by atoms with E-state index in [1.807, 2.05) is 6.07 Å². The second-order valence-electron chi connectivity index (χ2n) is 9.68. The van der Waals surface area contributed by atoms with Gasteiger partial charge in [-0.25, -0.2) is 19.6 Å². The first-order valence-corrected chi connectivity index (χ1v) is 11.4. The number of likely N-dealkylation sites (tertiary alicyclic amines) is 1. The van der Waals surface area contributed by atoms with Crippen molar-refractivity contribution in [2.75, 3.05) is 0 Å². The van der Waals surface area contributed by atoms with E-state index in [-0.39, 0.29) is 25.3 Å². The fourth-order valence-corrected chi connectivity index (χ4v) is 4.46. The molecule has 1 aromatic carbocycles. The Balaban J connectivity index is 1.82. The van der Waals surface area contributed by atoms with Gasteiger partial charge in [-0.05, 0) is 32.8 Å². The smallest absolute Gasteiger partial charge is 0.411 e. The summed E-state index contributed by atoms with van der Waals surface area (Å²) >= 11 is 0. The molecular weight excluding hydrogens is 468 g/mol. The molecule has 3 heterocycles. The Kier molecular flexibility index (Phi) is 6.82. The second-order valence-corrected chi connectivity index (χ2v) is 9.68. The summed E-state index contributed by atoms with van der Waals surface area (Å²) in [5.41, 5.74) is -1.90. The lowest BCUT2D eigenvalue weighted by Crippen LogP contribution is -2.58. The van der Waals surface area contributed by atoms with Crippen molar-refractivity contribution in [1.82, 2.24) is 19.4 Å². The van der Waals surface area contributed by atoms with E-state index in [1.165, 1.54) is 18.7 Å². The summed E-state index contributed by atoms with van der Waals surface area (Å²) in [5.74, 6) is -3.03. The van der Waals surface area contributed by atoms with Gasteiger partial charge < -0.3 is 23.6 Å². The van der Waals surface area contributed by atoms with E-state index in [0.29, 0.717) is 0 Å². The molecule has 0 aliphatic carbocycles. The van der Waals surface area contributed by atoms with E-state index in [2.05, 4.69) is 9.97 Å². The van der Waals surface area contributed by atoms with Crippen molar-refractivity contribution in [2.45, 2.75) is 57.5 Å². The molecule has 2 aromatic heterocycles. The minimum Gasteiger partial charge on any atom is -0.481 e. The van der Waals surface area contributed by atoms with Crippen LogP contribution in [0.5, 0.6) is 0 Å². The number of imidazole rings is 1. The Labute approximate surface area is 207 Å². The number of esters is 1. The zero-order chi connectivity index (χ0) is 25.9. The Bertz CT molecular complexity index is 1190. The van der Waals surface area contributed by atoms with Crippen molar-refractivity contribution >= 4 is 18.0 Å². The molecule has 1 N–H and O–H groups in total. The number of oxazole rings is 1.